The lowest BCUT2D eigenvalue weighted by atomic mass is 10.2. The third kappa shape index (κ3) is 1.86. The van der Waals surface area contributed by atoms with Gasteiger partial charge in [0, 0.05) is 20.2 Å². The first kappa shape index (κ1) is 10.5. The third-order valence-electron chi connectivity index (χ3n) is 2.45. The van der Waals surface area contributed by atoms with Gasteiger partial charge in [0.15, 0.2) is 0 Å². The van der Waals surface area contributed by atoms with Crippen molar-refractivity contribution in [3.8, 4) is 5.69 Å². The molecule has 0 fully saturated rings. The number of hydrogen-bond acceptors (Lipinski definition) is 3. The predicted molar refractivity (Wildman–Crippen MR) is 67.0 cm³/mol. The summed E-state index contributed by atoms with van der Waals surface area (Å²) < 4.78 is 1.84. The Hall–Kier alpha value is -1.97. The maximum atomic E-state index is 5.73. The van der Waals surface area contributed by atoms with Crippen molar-refractivity contribution in [2.24, 2.45) is 0 Å². The summed E-state index contributed by atoms with van der Waals surface area (Å²) in [6.07, 6.45) is 0. The Morgan fingerprint density at radius 2 is 1.81 bits per heavy atom. The zero-order valence-electron chi connectivity index (χ0n) is 9.81. The maximum absolute atomic E-state index is 5.73. The number of nitrogens with two attached hydrogens (primary N) is 1. The van der Waals surface area contributed by atoms with Gasteiger partial charge in [-0.05, 0) is 19.1 Å². The van der Waals surface area contributed by atoms with E-state index in [4.69, 9.17) is 5.73 Å². The molecule has 0 spiro atoms. The second-order valence-corrected chi connectivity index (χ2v) is 4.07. The van der Waals surface area contributed by atoms with Crippen LogP contribution in [0, 0.1) is 6.92 Å². The standard InChI is InChI=1S/C12H16N4/c1-9-4-6-10(7-5-9)16-12(15(2)3)8-11(13)14-16/h4-8H,1-3H3,(H2,13,14). The lowest BCUT2D eigenvalue weighted by molar-refractivity contribution is 0.858. The molecule has 2 N–H and O–H groups in total. The van der Waals surface area contributed by atoms with Crippen LogP contribution >= 0.6 is 0 Å². The molecule has 2 rings (SSSR count). The van der Waals surface area contributed by atoms with Crippen LogP contribution in [0.2, 0.25) is 0 Å². The van der Waals surface area contributed by atoms with E-state index in [-0.39, 0.29) is 0 Å². The Balaban J connectivity index is 2.50. The summed E-state index contributed by atoms with van der Waals surface area (Å²) in [5.41, 5.74) is 7.98. The second-order valence-electron chi connectivity index (χ2n) is 4.07. The molecule has 0 aliphatic carbocycles. The number of hydrogen-bond donors (Lipinski definition) is 1. The number of benzene rings is 1. The van der Waals surface area contributed by atoms with E-state index in [2.05, 4.69) is 24.2 Å². The molecule has 1 heterocycles. The number of aryl methyl sites for hydroxylation is 1. The van der Waals surface area contributed by atoms with E-state index in [0.29, 0.717) is 5.82 Å². The zero-order valence-corrected chi connectivity index (χ0v) is 9.81. The Labute approximate surface area is 95.3 Å². The van der Waals surface area contributed by atoms with Crippen molar-refractivity contribution < 1.29 is 0 Å². The van der Waals surface area contributed by atoms with E-state index in [9.17, 15) is 0 Å². The van der Waals surface area contributed by atoms with Crippen LogP contribution in [0.25, 0.3) is 5.69 Å². The summed E-state index contributed by atoms with van der Waals surface area (Å²) in [6, 6.07) is 10.1. The van der Waals surface area contributed by atoms with E-state index in [1.54, 1.807) is 0 Å². The van der Waals surface area contributed by atoms with Crippen molar-refractivity contribution in [3.05, 3.63) is 35.9 Å². The summed E-state index contributed by atoms with van der Waals surface area (Å²) in [4.78, 5) is 1.99. The van der Waals surface area contributed by atoms with Crippen molar-refractivity contribution in [1.29, 1.82) is 0 Å². The maximum Gasteiger partial charge on any atom is 0.148 e. The van der Waals surface area contributed by atoms with Crippen LogP contribution in [0.1, 0.15) is 5.56 Å². The molecule has 0 radical (unpaired) electrons. The van der Waals surface area contributed by atoms with Gasteiger partial charge in [-0.1, -0.05) is 17.7 Å². The molecular weight excluding hydrogens is 200 g/mol. The molecular formula is C12H16N4. The van der Waals surface area contributed by atoms with Gasteiger partial charge in [0.2, 0.25) is 0 Å². The van der Waals surface area contributed by atoms with Crippen LogP contribution in [0.15, 0.2) is 30.3 Å². The number of aromatic nitrogens is 2. The molecule has 0 saturated heterocycles. The molecule has 4 heteroatoms. The van der Waals surface area contributed by atoms with Gasteiger partial charge >= 0.3 is 0 Å². The van der Waals surface area contributed by atoms with Crippen molar-refractivity contribution in [2.45, 2.75) is 6.92 Å². The van der Waals surface area contributed by atoms with E-state index in [1.165, 1.54) is 5.56 Å². The van der Waals surface area contributed by atoms with Crippen LogP contribution in [0.4, 0.5) is 11.6 Å². The summed E-state index contributed by atoms with van der Waals surface area (Å²) in [5, 5.41) is 4.28. The Morgan fingerprint density at radius 1 is 1.19 bits per heavy atom. The lowest BCUT2D eigenvalue weighted by Crippen LogP contribution is -2.14. The third-order valence-corrected chi connectivity index (χ3v) is 2.45. The molecule has 0 aliphatic heterocycles. The minimum atomic E-state index is 0.532. The number of nitrogen functional groups attached to an aromatic ring is 1. The van der Waals surface area contributed by atoms with Crippen molar-refractivity contribution in [3.63, 3.8) is 0 Å². The smallest absolute Gasteiger partial charge is 0.148 e. The van der Waals surface area contributed by atoms with Crippen LogP contribution in [-0.2, 0) is 0 Å². The largest absolute Gasteiger partial charge is 0.382 e. The van der Waals surface area contributed by atoms with E-state index in [0.717, 1.165) is 11.5 Å². The molecule has 0 unspecified atom stereocenters. The van der Waals surface area contributed by atoms with E-state index >= 15 is 0 Å². The van der Waals surface area contributed by atoms with Gasteiger partial charge in [-0.3, -0.25) is 0 Å². The molecule has 84 valence electrons. The Kier molecular flexibility index (Phi) is 2.56. The first-order valence-electron chi connectivity index (χ1n) is 5.18. The Morgan fingerprint density at radius 3 is 2.38 bits per heavy atom. The lowest BCUT2D eigenvalue weighted by Gasteiger charge is -2.14. The minimum absolute atomic E-state index is 0.532. The summed E-state index contributed by atoms with van der Waals surface area (Å²) in [6.45, 7) is 2.06. The highest BCUT2D eigenvalue weighted by Crippen LogP contribution is 2.20. The fourth-order valence-corrected chi connectivity index (χ4v) is 1.58. The highest BCUT2D eigenvalue weighted by molar-refractivity contribution is 5.52. The van der Waals surface area contributed by atoms with Gasteiger partial charge in [-0.2, -0.15) is 0 Å². The molecule has 16 heavy (non-hydrogen) atoms. The first-order chi connectivity index (χ1) is 7.58. The first-order valence-corrected chi connectivity index (χ1v) is 5.18. The van der Waals surface area contributed by atoms with E-state index < -0.39 is 0 Å². The molecule has 2 aromatic rings. The Bertz CT molecular complexity index is 482. The summed E-state index contributed by atoms with van der Waals surface area (Å²) in [7, 11) is 3.95. The molecule has 0 saturated carbocycles. The fourth-order valence-electron chi connectivity index (χ4n) is 1.58. The molecule has 0 aliphatic rings. The van der Waals surface area contributed by atoms with Crippen LogP contribution in [0.3, 0.4) is 0 Å². The SMILES string of the molecule is Cc1ccc(-n2nc(N)cc2N(C)C)cc1. The summed E-state index contributed by atoms with van der Waals surface area (Å²) in [5.74, 6) is 1.51. The number of nitrogens with zero attached hydrogens (tertiary/aromatic N) is 3. The minimum Gasteiger partial charge on any atom is -0.382 e. The molecule has 0 amide bonds. The molecule has 0 atom stereocenters. The molecule has 1 aromatic carbocycles. The average molecular weight is 216 g/mol. The van der Waals surface area contributed by atoms with Crippen LogP contribution in [-0.4, -0.2) is 23.9 Å². The topological polar surface area (TPSA) is 47.1 Å². The van der Waals surface area contributed by atoms with Gasteiger partial charge in [-0.25, -0.2) is 4.68 Å². The molecule has 1 aromatic heterocycles. The second kappa shape index (κ2) is 3.89. The number of rotatable bonds is 2. The van der Waals surface area contributed by atoms with Crippen molar-refractivity contribution in [1.82, 2.24) is 9.78 Å². The van der Waals surface area contributed by atoms with Gasteiger partial charge < -0.3 is 10.6 Å². The summed E-state index contributed by atoms with van der Waals surface area (Å²) >= 11 is 0. The fraction of sp³-hybridized carbons (Fsp3) is 0.250. The zero-order chi connectivity index (χ0) is 11.7. The van der Waals surface area contributed by atoms with Crippen molar-refractivity contribution in [2.75, 3.05) is 24.7 Å². The molecule has 0 bridgehead atoms. The highest BCUT2D eigenvalue weighted by atomic mass is 15.4. The monoisotopic (exact) mass is 216 g/mol. The highest BCUT2D eigenvalue weighted by Gasteiger charge is 2.08. The predicted octanol–water partition coefficient (Wildman–Crippen LogP) is 1.83. The van der Waals surface area contributed by atoms with Gasteiger partial charge in [0.1, 0.15) is 11.6 Å². The van der Waals surface area contributed by atoms with E-state index in [1.807, 2.05) is 41.9 Å². The number of anilines is 2. The quantitative estimate of drug-likeness (QED) is 0.833. The molecule has 4 nitrogen and oxygen atoms in total. The normalized spacial score (nSPS) is 10.4. The van der Waals surface area contributed by atoms with Crippen LogP contribution in [0.5, 0.6) is 0 Å². The van der Waals surface area contributed by atoms with Crippen molar-refractivity contribution >= 4 is 11.6 Å². The van der Waals surface area contributed by atoms with Gasteiger partial charge in [0.25, 0.3) is 0 Å². The van der Waals surface area contributed by atoms with Gasteiger partial charge in [0.05, 0.1) is 5.69 Å². The average Bonchev–Trinajstić information content (AvgIpc) is 2.61. The van der Waals surface area contributed by atoms with Crippen LogP contribution < -0.4 is 10.6 Å². The van der Waals surface area contributed by atoms with Gasteiger partial charge in [-0.15, -0.1) is 5.10 Å².